The summed E-state index contributed by atoms with van der Waals surface area (Å²) in [7, 11) is 1.25. The Labute approximate surface area is 280 Å². The van der Waals surface area contributed by atoms with Crippen molar-refractivity contribution in [1.82, 2.24) is 10.2 Å². The number of likely N-dealkylation sites (N-methyl/N-ethyl adjacent to an activating group) is 1. The summed E-state index contributed by atoms with van der Waals surface area (Å²) >= 11 is 6.36. The standard InChI is InChI=1S/C35H38ClN3O7S/c1-24-10-9-13-26(18-24)22-38(30(35(41)37-2)19-25-11-7-6-8-12-25)34(40)23-39(29-20-27(36)14-16-31(29)44-3)47(42,43)28-15-17-32(45-4)33(21-28)46-5/h6-18,20-21,30H,19,22-23H2,1-5H3,(H,37,41). The molecular weight excluding hydrogens is 642 g/mol. The molecular formula is C35H38ClN3O7S. The smallest absolute Gasteiger partial charge is 0.265 e. The van der Waals surface area contributed by atoms with E-state index in [1.807, 2.05) is 61.5 Å². The Kier molecular flexibility index (Phi) is 11.7. The van der Waals surface area contributed by atoms with Crippen LogP contribution >= 0.6 is 11.6 Å². The molecule has 0 aliphatic rings. The minimum absolute atomic E-state index is 0.0400. The number of hydrogen-bond acceptors (Lipinski definition) is 7. The number of nitrogens with one attached hydrogen (secondary N) is 1. The number of sulfonamides is 1. The average molecular weight is 680 g/mol. The maximum atomic E-state index is 14.6. The van der Waals surface area contributed by atoms with E-state index in [1.165, 1.54) is 63.6 Å². The lowest BCUT2D eigenvalue weighted by molar-refractivity contribution is -0.139. The third-order valence-electron chi connectivity index (χ3n) is 7.58. The molecule has 0 aromatic heterocycles. The van der Waals surface area contributed by atoms with Crippen LogP contribution in [0.25, 0.3) is 0 Å². The van der Waals surface area contributed by atoms with Crippen molar-refractivity contribution in [3.63, 3.8) is 0 Å². The third kappa shape index (κ3) is 8.35. The van der Waals surface area contributed by atoms with Gasteiger partial charge in [-0.3, -0.25) is 13.9 Å². The van der Waals surface area contributed by atoms with Crippen LogP contribution in [0.5, 0.6) is 17.2 Å². The number of ether oxygens (including phenoxy) is 3. The molecule has 1 atom stereocenters. The highest BCUT2D eigenvalue weighted by Crippen LogP contribution is 2.37. The number of carbonyl (C=O) groups excluding carboxylic acids is 2. The molecule has 1 unspecified atom stereocenters. The Morgan fingerprint density at radius 1 is 0.809 bits per heavy atom. The first kappa shape index (κ1) is 35.1. The predicted octanol–water partition coefficient (Wildman–Crippen LogP) is 5.26. The molecule has 4 aromatic rings. The van der Waals surface area contributed by atoms with E-state index in [1.54, 1.807) is 6.07 Å². The summed E-state index contributed by atoms with van der Waals surface area (Å²) in [5.41, 5.74) is 2.61. The summed E-state index contributed by atoms with van der Waals surface area (Å²) in [4.78, 5) is 29.3. The number of methoxy groups -OCH3 is 3. The van der Waals surface area contributed by atoms with Gasteiger partial charge in [-0.1, -0.05) is 71.8 Å². The van der Waals surface area contributed by atoms with Crippen molar-refractivity contribution in [3.05, 3.63) is 113 Å². The van der Waals surface area contributed by atoms with E-state index in [-0.39, 0.29) is 40.1 Å². The van der Waals surface area contributed by atoms with Crippen LogP contribution in [0.1, 0.15) is 16.7 Å². The van der Waals surface area contributed by atoms with Gasteiger partial charge in [0.05, 0.1) is 31.9 Å². The first-order chi connectivity index (χ1) is 22.5. The molecule has 47 heavy (non-hydrogen) atoms. The molecule has 1 N–H and O–H groups in total. The van der Waals surface area contributed by atoms with Crippen molar-refractivity contribution in [2.75, 3.05) is 39.2 Å². The van der Waals surface area contributed by atoms with Gasteiger partial charge in [0.25, 0.3) is 10.0 Å². The Hall–Kier alpha value is -4.74. The second kappa shape index (κ2) is 15.7. The molecule has 4 rings (SSSR count). The number of hydrogen-bond donors (Lipinski definition) is 1. The fourth-order valence-corrected chi connectivity index (χ4v) is 6.80. The Balaban J connectivity index is 1.87. The zero-order chi connectivity index (χ0) is 34.1. The monoisotopic (exact) mass is 679 g/mol. The minimum atomic E-state index is -4.47. The van der Waals surface area contributed by atoms with Crippen molar-refractivity contribution in [3.8, 4) is 17.2 Å². The Morgan fingerprint density at radius 3 is 2.11 bits per heavy atom. The van der Waals surface area contributed by atoms with Crippen LogP contribution in [-0.4, -0.2) is 66.1 Å². The summed E-state index contributed by atoms with van der Waals surface area (Å²) in [6.07, 6.45) is 0.195. The summed E-state index contributed by atoms with van der Waals surface area (Å²) in [6.45, 7) is 1.29. The molecule has 0 spiro atoms. The minimum Gasteiger partial charge on any atom is -0.495 e. The Bertz CT molecular complexity index is 1820. The number of anilines is 1. The number of benzene rings is 4. The van der Waals surface area contributed by atoms with Crippen LogP contribution < -0.4 is 23.8 Å². The maximum absolute atomic E-state index is 14.6. The second-order valence-corrected chi connectivity index (χ2v) is 13.0. The molecule has 0 fully saturated rings. The van der Waals surface area contributed by atoms with Gasteiger partial charge in [-0.2, -0.15) is 0 Å². The topological polar surface area (TPSA) is 114 Å². The zero-order valence-electron chi connectivity index (χ0n) is 26.9. The molecule has 10 nitrogen and oxygen atoms in total. The highest BCUT2D eigenvalue weighted by atomic mass is 35.5. The van der Waals surface area contributed by atoms with Crippen LogP contribution in [-0.2, 0) is 32.6 Å². The van der Waals surface area contributed by atoms with E-state index in [0.717, 1.165) is 21.0 Å². The van der Waals surface area contributed by atoms with Gasteiger partial charge in [-0.15, -0.1) is 0 Å². The van der Waals surface area contributed by atoms with E-state index in [9.17, 15) is 18.0 Å². The first-order valence-corrected chi connectivity index (χ1v) is 16.5. The third-order valence-corrected chi connectivity index (χ3v) is 9.58. The van der Waals surface area contributed by atoms with Gasteiger partial charge in [-0.05, 0) is 48.4 Å². The van der Waals surface area contributed by atoms with Crippen LogP contribution in [0.15, 0.2) is 95.9 Å². The van der Waals surface area contributed by atoms with Crippen molar-refractivity contribution in [2.45, 2.75) is 30.8 Å². The highest BCUT2D eigenvalue weighted by molar-refractivity contribution is 7.92. The molecule has 0 heterocycles. The predicted molar refractivity (Wildman–Crippen MR) is 182 cm³/mol. The average Bonchev–Trinajstić information content (AvgIpc) is 3.08. The SMILES string of the molecule is CNC(=O)C(Cc1ccccc1)N(Cc1cccc(C)c1)C(=O)CN(c1cc(Cl)ccc1OC)S(=O)(=O)c1ccc(OC)c(OC)c1. The van der Waals surface area contributed by atoms with Gasteiger partial charge in [-0.25, -0.2) is 8.42 Å². The molecule has 0 saturated heterocycles. The summed E-state index contributed by atoms with van der Waals surface area (Å²) in [6, 6.07) is 24.5. The van der Waals surface area contributed by atoms with Gasteiger partial charge in [0, 0.05) is 31.1 Å². The van der Waals surface area contributed by atoms with Crippen molar-refractivity contribution in [1.29, 1.82) is 0 Å². The number of carbonyl (C=O) groups is 2. The van der Waals surface area contributed by atoms with Gasteiger partial charge < -0.3 is 24.4 Å². The molecule has 12 heteroatoms. The van der Waals surface area contributed by atoms with Crippen LogP contribution in [0.4, 0.5) is 5.69 Å². The number of halogens is 1. The van der Waals surface area contributed by atoms with Crippen LogP contribution in [0, 0.1) is 6.92 Å². The largest absolute Gasteiger partial charge is 0.495 e. The second-order valence-electron chi connectivity index (χ2n) is 10.7. The number of rotatable bonds is 14. The zero-order valence-corrected chi connectivity index (χ0v) is 28.5. The fourth-order valence-electron chi connectivity index (χ4n) is 5.20. The van der Waals surface area contributed by atoms with Gasteiger partial charge in [0.1, 0.15) is 18.3 Å². The van der Waals surface area contributed by atoms with E-state index in [2.05, 4.69) is 5.32 Å². The molecule has 0 radical (unpaired) electrons. The molecule has 0 bridgehead atoms. The van der Waals surface area contributed by atoms with Gasteiger partial charge >= 0.3 is 0 Å². The van der Waals surface area contributed by atoms with Crippen LogP contribution in [0.2, 0.25) is 5.02 Å². The number of amides is 2. The Morgan fingerprint density at radius 2 is 1.47 bits per heavy atom. The van der Waals surface area contributed by atoms with E-state index in [0.29, 0.717) is 5.75 Å². The molecule has 248 valence electrons. The normalized spacial score (nSPS) is 11.7. The van der Waals surface area contributed by atoms with Gasteiger partial charge in [0.2, 0.25) is 11.8 Å². The van der Waals surface area contributed by atoms with Crippen LogP contribution in [0.3, 0.4) is 0 Å². The van der Waals surface area contributed by atoms with Crippen molar-refractivity contribution < 1.29 is 32.2 Å². The quantitative estimate of drug-likeness (QED) is 0.194. The molecule has 0 saturated carbocycles. The summed E-state index contributed by atoms with van der Waals surface area (Å²) in [5.74, 6) is -0.343. The van der Waals surface area contributed by atoms with E-state index < -0.39 is 34.4 Å². The lowest BCUT2D eigenvalue weighted by Gasteiger charge is -2.34. The molecule has 2 amide bonds. The fraction of sp³-hybridized carbons (Fsp3) is 0.257. The lowest BCUT2D eigenvalue weighted by atomic mass is 10.0. The highest BCUT2D eigenvalue weighted by Gasteiger charge is 2.36. The van der Waals surface area contributed by atoms with Gasteiger partial charge in [0.15, 0.2) is 11.5 Å². The number of aryl methyl sites for hydroxylation is 1. The summed E-state index contributed by atoms with van der Waals surface area (Å²) < 4.78 is 46.1. The number of nitrogens with zero attached hydrogens (tertiary/aromatic N) is 2. The first-order valence-electron chi connectivity index (χ1n) is 14.7. The van der Waals surface area contributed by atoms with Crippen molar-refractivity contribution >= 4 is 39.1 Å². The van der Waals surface area contributed by atoms with Crippen molar-refractivity contribution in [2.24, 2.45) is 0 Å². The lowest BCUT2D eigenvalue weighted by Crippen LogP contribution is -2.53. The summed E-state index contributed by atoms with van der Waals surface area (Å²) in [5, 5.41) is 2.91. The molecule has 0 aliphatic carbocycles. The molecule has 4 aromatic carbocycles. The molecule has 0 aliphatic heterocycles. The van der Waals surface area contributed by atoms with E-state index in [4.69, 9.17) is 25.8 Å². The van der Waals surface area contributed by atoms with E-state index >= 15 is 0 Å². The maximum Gasteiger partial charge on any atom is 0.265 e.